The Hall–Kier alpha value is -1.80. The fraction of sp³-hybridized carbons (Fsp3) is 0.294. The average molecular weight is 256 g/mol. The third kappa shape index (κ3) is 3.58. The Balaban J connectivity index is 2.18. The molecule has 0 aliphatic carbocycles. The van der Waals surface area contributed by atoms with E-state index in [2.05, 4.69) is 32.9 Å². The lowest BCUT2D eigenvalue weighted by molar-refractivity contribution is 0.281. The molecule has 2 aromatic carbocycles. The van der Waals surface area contributed by atoms with Crippen molar-refractivity contribution in [1.82, 2.24) is 0 Å². The average Bonchev–Trinajstić information content (AvgIpc) is 2.39. The minimum Gasteiger partial charge on any atom is -0.457 e. The van der Waals surface area contributed by atoms with E-state index in [1.807, 2.05) is 36.4 Å². The number of aliphatic hydroxyl groups is 1. The summed E-state index contributed by atoms with van der Waals surface area (Å²) in [5.41, 5.74) is 2.24. The SMILES string of the molecule is CC(C)(C)c1cccc(Oc2ccc(CO)cc2)c1. The Bertz CT molecular complexity index is 536. The van der Waals surface area contributed by atoms with Crippen molar-refractivity contribution in [2.75, 3.05) is 0 Å². The zero-order valence-electron chi connectivity index (χ0n) is 11.7. The second-order valence-electron chi connectivity index (χ2n) is 5.68. The molecule has 0 saturated heterocycles. The van der Waals surface area contributed by atoms with E-state index in [0.717, 1.165) is 17.1 Å². The highest BCUT2D eigenvalue weighted by Gasteiger charge is 2.14. The van der Waals surface area contributed by atoms with Crippen LogP contribution in [0.3, 0.4) is 0 Å². The van der Waals surface area contributed by atoms with E-state index >= 15 is 0 Å². The molecule has 2 rings (SSSR count). The lowest BCUT2D eigenvalue weighted by Gasteiger charge is -2.19. The molecule has 0 heterocycles. The molecule has 0 atom stereocenters. The first-order chi connectivity index (χ1) is 8.99. The number of aliphatic hydroxyl groups excluding tert-OH is 1. The minimum absolute atomic E-state index is 0.0553. The zero-order valence-corrected chi connectivity index (χ0v) is 11.7. The molecule has 0 fully saturated rings. The van der Waals surface area contributed by atoms with E-state index in [1.165, 1.54) is 5.56 Å². The van der Waals surface area contributed by atoms with Crippen LogP contribution >= 0.6 is 0 Å². The zero-order chi connectivity index (χ0) is 13.9. The van der Waals surface area contributed by atoms with Crippen molar-refractivity contribution in [1.29, 1.82) is 0 Å². The Morgan fingerprint density at radius 3 is 2.21 bits per heavy atom. The first kappa shape index (κ1) is 13.6. The van der Waals surface area contributed by atoms with Crippen LogP contribution in [-0.2, 0) is 12.0 Å². The number of rotatable bonds is 3. The fourth-order valence-corrected chi connectivity index (χ4v) is 1.83. The van der Waals surface area contributed by atoms with Crippen molar-refractivity contribution in [3.63, 3.8) is 0 Å². The summed E-state index contributed by atoms with van der Waals surface area (Å²) in [6, 6.07) is 15.6. The van der Waals surface area contributed by atoms with Crippen LogP contribution in [0.1, 0.15) is 31.9 Å². The Morgan fingerprint density at radius 2 is 1.63 bits per heavy atom. The molecule has 0 aliphatic rings. The highest BCUT2D eigenvalue weighted by Crippen LogP contribution is 2.28. The van der Waals surface area contributed by atoms with Crippen LogP contribution in [0.2, 0.25) is 0 Å². The summed E-state index contributed by atoms with van der Waals surface area (Å²) in [6.07, 6.45) is 0. The molecular weight excluding hydrogens is 236 g/mol. The molecule has 0 radical (unpaired) electrons. The summed E-state index contributed by atoms with van der Waals surface area (Å²) in [4.78, 5) is 0. The summed E-state index contributed by atoms with van der Waals surface area (Å²) in [5, 5.41) is 9.00. The van der Waals surface area contributed by atoms with Crippen LogP contribution in [0.5, 0.6) is 11.5 Å². The molecule has 1 N–H and O–H groups in total. The maximum atomic E-state index is 9.00. The summed E-state index contributed by atoms with van der Waals surface area (Å²) in [7, 11) is 0. The first-order valence-electron chi connectivity index (χ1n) is 6.47. The summed E-state index contributed by atoms with van der Waals surface area (Å²) in [6.45, 7) is 6.60. The van der Waals surface area contributed by atoms with Gasteiger partial charge in [-0.05, 0) is 40.8 Å². The second-order valence-corrected chi connectivity index (χ2v) is 5.68. The maximum absolute atomic E-state index is 9.00. The van der Waals surface area contributed by atoms with Gasteiger partial charge in [0.15, 0.2) is 0 Å². The molecule has 0 aromatic heterocycles. The molecule has 0 unspecified atom stereocenters. The summed E-state index contributed by atoms with van der Waals surface area (Å²) >= 11 is 0. The standard InChI is InChI=1S/C17H20O2/c1-17(2,3)14-5-4-6-16(11-14)19-15-9-7-13(12-18)8-10-15/h4-11,18H,12H2,1-3H3. The topological polar surface area (TPSA) is 29.5 Å². The van der Waals surface area contributed by atoms with Crippen LogP contribution < -0.4 is 4.74 Å². The van der Waals surface area contributed by atoms with Gasteiger partial charge in [0.2, 0.25) is 0 Å². The number of benzene rings is 2. The van der Waals surface area contributed by atoms with E-state index < -0.39 is 0 Å². The molecular formula is C17H20O2. The van der Waals surface area contributed by atoms with Crippen molar-refractivity contribution in [3.8, 4) is 11.5 Å². The molecule has 0 spiro atoms. The van der Waals surface area contributed by atoms with Gasteiger partial charge >= 0.3 is 0 Å². The van der Waals surface area contributed by atoms with Gasteiger partial charge in [-0.2, -0.15) is 0 Å². The highest BCUT2D eigenvalue weighted by molar-refractivity contribution is 5.37. The molecule has 100 valence electrons. The molecule has 0 aliphatic heterocycles. The normalized spacial score (nSPS) is 11.4. The van der Waals surface area contributed by atoms with Gasteiger partial charge in [-0.15, -0.1) is 0 Å². The molecule has 2 heteroatoms. The predicted octanol–water partition coefficient (Wildman–Crippen LogP) is 4.27. The van der Waals surface area contributed by atoms with Gasteiger partial charge in [-0.25, -0.2) is 0 Å². The number of hydrogen-bond donors (Lipinski definition) is 1. The number of ether oxygens (including phenoxy) is 1. The van der Waals surface area contributed by atoms with Crippen molar-refractivity contribution in [3.05, 3.63) is 59.7 Å². The van der Waals surface area contributed by atoms with Gasteiger partial charge in [-0.3, -0.25) is 0 Å². The Morgan fingerprint density at radius 1 is 0.947 bits per heavy atom. The van der Waals surface area contributed by atoms with Gasteiger partial charge in [0, 0.05) is 0 Å². The second kappa shape index (κ2) is 5.45. The van der Waals surface area contributed by atoms with E-state index in [9.17, 15) is 0 Å². The summed E-state index contributed by atoms with van der Waals surface area (Å²) < 4.78 is 5.83. The first-order valence-corrected chi connectivity index (χ1v) is 6.47. The van der Waals surface area contributed by atoms with E-state index in [4.69, 9.17) is 9.84 Å². The lowest BCUT2D eigenvalue weighted by Crippen LogP contribution is -2.10. The third-order valence-corrected chi connectivity index (χ3v) is 3.04. The van der Waals surface area contributed by atoms with Gasteiger partial charge < -0.3 is 9.84 Å². The van der Waals surface area contributed by atoms with Crippen LogP contribution in [0.15, 0.2) is 48.5 Å². The smallest absolute Gasteiger partial charge is 0.127 e. The monoisotopic (exact) mass is 256 g/mol. The molecule has 2 nitrogen and oxygen atoms in total. The van der Waals surface area contributed by atoms with E-state index in [1.54, 1.807) is 0 Å². The van der Waals surface area contributed by atoms with Gasteiger partial charge in [0.25, 0.3) is 0 Å². The van der Waals surface area contributed by atoms with E-state index in [-0.39, 0.29) is 12.0 Å². The van der Waals surface area contributed by atoms with Crippen LogP contribution in [-0.4, -0.2) is 5.11 Å². The lowest BCUT2D eigenvalue weighted by atomic mass is 9.87. The molecule has 0 bridgehead atoms. The predicted molar refractivity (Wildman–Crippen MR) is 77.6 cm³/mol. The Kier molecular flexibility index (Phi) is 3.91. The Labute approximate surface area is 114 Å². The van der Waals surface area contributed by atoms with Gasteiger partial charge in [0.1, 0.15) is 11.5 Å². The highest BCUT2D eigenvalue weighted by atomic mass is 16.5. The summed E-state index contributed by atoms with van der Waals surface area (Å²) in [5.74, 6) is 1.62. The molecule has 0 saturated carbocycles. The van der Waals surface area contributed by atoms with Crippen LogP contribution in [0.25, 0.3) is 0 Å². The fourth-order valence-electron chi connectivity index (χ4n) is 1.83. The van der Waals surface area contributed by atoms with Crippen molar-refractivity contribution in [2.45, 2.75) is 32.8 Å². The van der Waals surface area contributed by atoms with E-state index in [0.29, 0.717) is 0 Å². The van der Waals surface area contributed by atoms with Gasteiger partial charge in [-0.1, -0.05) is 45.0 Å². The van der Waals surface area contributed by atoms with Crippen molar-refractivity contribution in [2.24, 2.45) is 0 Å². The molecule has 0 amide bonds. The van der Waals surface area contributed by atoms with Gasteiger partial charge in [0.05, 0.1) is 6.61 Å². The van der Waals surface area contributed by atoms with Crippen LogP contribution in [0.4, 0.5) is 0 Å². The number of hydrogen-bond acceptors (Lipinski definition) is 2. The minimum atomic E-state index is 0.0553. The van der Waals surface area contributed by atoms with Crippen molar-refractivity contribution >= 4 is 0 Å². The quantitative estimate of drug-likeness (QED) is 0.888. The van der Waals surface area contributed by atoms with Crippen LogP contribution in [0, 0.1) is 0 Å². The largest absolute Gasteiger partial charge is 0.457 e. The third-order valence-electron chi connectivity index (χ3n) is 3.04. The molecule has 2 aromatic rings. The van der Waals surface area contributed by atoms with Crippen molar-refractivity contribution < 1.29 is 9.84 Å². The molecule has 19 heavy (non-hydrogen) atoms. The maximum Gasteiger partial charge on any atom is 0.127 e.